The van der Waals surface area contributed by atoms with Gasteiger partial charge in [-0.1, -0.05) is 11.8 Å². The molecule has 0 bridgehead atoms. The van der Waals surface area contributed by atoms with Crippen molar-refractivity contribution in [2.24, 2.45) is 5.73 Å². The van der Waals surface area contributed by atoms with E-state index in [-0.39, 0.29) is 12.5 Å². The lowest BCUT2D eigenvalue weighted by molar-refractivity contribution is 0.0957. The van der Waals surface area contributed by atoms with Gasteiger partial charge in [-0.05, 0) is 42.5 Å². The van der Waals surface area contributed by atoms with E-state index >= 15 is 0 Å². The van der Waals surface area contributed by atoms with Gasteiger partial charge in [0.1, 0.15) is 0 Å². The predicted octanol–water partition coefficient (Wildman–Crippen LogP) is 2.18. The number of carbonyl (C=O) groups excluding carboxylic acids is 2. The molecular formula is C18H13N3O2S. The first-order valence-corrected chi connectivity index (χ1v) is 8.01. The lowest BCUT2D eigenvalue weighted by atomic mass is 10.1. The van der Waals surface area contributed by atoms with Crippen molar-refractivity contribution in [2.75, 3.05) is 6.54 Å². The summed E-state index contributed by atoms with van der Waals surface area (Å²) in [6, 6.07) is 12.1. The Hall–Kier alpha value is -3.17. The third-order valence-electron chi connectivity index (χ3n) is 3.33. The third kappa shape index (κ3) is 3.59. The standard InChI is InChI=1S/C18H13N3O2S/c19-17(22)13-5-3-12(4-6-13)2-1-9-20-18(23)14-7-8-15-16(10-14)24-11-21-15/h3-8,10-11H,9H2,(H2,19,22)(H,20,23). The zero-order chi connectivity index (χ0) is 16.9. The normalized spacial score (nSPS) is 10.0. The lowest BCUT2D eigenvalue weighted by Crippen LogP contribution is -2.23. The van der Waals surface area contributed by atoms with E-state index in [9.17, 15) is 9.59 Å². The van der Waals surface area contributed by atoms with Crippen LogP contribution >= 0.6 is 11.3 Å². The zero-order valence-corrected chi connectivity index (χ0v) is 13.4. The minimum atomic E-state index is -0.473. The van der Waals surface area contributed by atoms with Crippen LogP contribution < -0.4 is 11.1 Å². The molecule has 0 saturated heterocycles. The van der Waals surface area contributed by atoms with Crippen molar-refractivity contribution in [1.29, 1.82) is 0 Å². The number of nitrogens with one attached hydrogen (secondary N) is 1. The number of hydrogen-bond donors (Lipinski definition) is 2. The number of aromatic nitrogens is 1. The van der Waals surface area contributed by atoms with Gasteiger partial charge in [0, 0.05) is 16.7 Å². The van der Waals surface area contributed by atoms with Gasteiger partial charge in [0.15, 0.2) is 0 Å². The van der Waals surface area contributed by atoms with Gasteiger partial charge in [0.05, 0.1) is 22.3 Å². The molecular weight excluding hydrogens is 322 g/mol. The quantitative estimate of drug-likeness (QED) is 0.720. The fraction of sp³-hybridized carbons (Fsp3) is 0.0556. The highest BCUT2D eigenvalue weighted by Gasteiger charge is 2.06. The molecule has 3 rings (SSSR count). The van der Waals surface area contributed by atoms with Crippen molar-refractivity contribution in [1.82, 2.24) is 10.3 Å². The Bertz CT molecular complexity index is 965. The first kappa shape index (κ1) is 15.7. The van der Waals surface area contributed by atoms with Crippen LogP contribution in [-0.4, -0.2) is 23.3 Å². The van der Waals surface area contributed by atoms with Crippen LogP contribution in [-0.2, 0) is 0 Å². The Morgan fingerprint density at radius 3 is 2.62 bits per heavy atom. The first-order valence-electron chi connectivity index (χ1n) is 7.14. The van der Waals surface area contributed by atoms with Crippen LogP contribution in [0.3, 0.4) is 0 Å². The SMILES string of the molecule is NC(=O)c1ccc(C#CCNC(=O)c2ccc3ncsc3c2)cc1. The van der Waals surface area contributed by atoms with Gasteiger partial charge < -0.3 is 11.1 Å². The third-order valence-corrected chi connectivity index (χ3v) is 4.12. The number of rotatable bonds is 3. The molecule has 0 saturated carbocycles. The average Bonchev–Trinajstić information content (AvgIpc) is 3.06. The van der Waals surface area contributed by atoms with Gasteiger partial charge in [-0.3, -0.25) is 9.59 Å². The second-order valence-electron chi connectivity index (χ2n) is 4.96. The van der Waals surface area contributed by atoms with Crippen LogP contribution in [0.1, 0.15) is 26.3 Å². The molecule has 118 valence electrons. The van der Waals surface area contributed by atoms with Crippen LogP contribution in [0.15, 0.2) is 48.0 Å². The summed E-state index contributed by atoms with van der Waals surface area (Å²) in [4.78, 5) is 27.3. The topological polar surface area (TPSA) is 85.1 Å². The summed E-state index contributed by atoms with van der Waals surface area (Å²) < 4.78 is 0.975. The lowest BCUT2D eigenvalue weighted by Gasteiger charge is -2.01. The van der Waals surface area contributed by atoms with Gasteiger partial charge in [0.25, 0.3) is 5.91 Å². The number of amides is 2. The fourth-order valence-corrected chi connectivity index (χ4v) is 2.80. The van der Waals surface area contributed by atoms with E-state index in [0.29, 0.717) is 11.1 Å². The Labute approximate surface area is 142 Å². The molecule has 3 N–H and O–H groups in total. The van der Waals surface area contributed by atoms with Crippen LogP contribution in [0.25, 0.3) is 10.2 Å². The maximum atomic E-state index is 12.1. The number of primary amides is 1. The van der Waals surface area contributed by atoms with E-state index in [2.05, 4.69) is 22.1 Å². The van der Waals surface area contributed by atoms with E-state index in [1.165, 1.54) is 11.3 Å². The molecule has 1 heterocycles. The van der Waals surface area contributed by atoms with Crippen molar-refractivity contribution in [3.63, 3.8) is 0 Å². The molecule has 0 aliphatic carbocycles. The van der Waals surface area contributed by atoms with Crippen molar-refractivity contribution < 1.29 is 9.59 Å². The first-order chi connectivity index (χ1) is 11.6. The summed E-state index contributed by atoms with van der Waals surface area (Å²) in [5.74, 6) is 5.14. The summed E-state index contributed by atoms with van der Waals surface area (Å²) in [5.41, 5.74) is 9.58. The highest BCUT2D eigenvalue weighted by molar-refractivity contribution is 7.16. The fourth-order valence-electron chi connectivity index (χ4n) is 2.09. The summed E-state index contributed by atoms with van der Waals surface area (Å²) in [7, 11) is 0. The summed E-state index contributed by atoms with van der Waals surface area (Å²) in [6.45, 7) is 0.233. The molecule has 1 aromatic heterocycles. The largest absolute Gasteiger partial charge is 0.366 e. The number of fused-ring (bicyclic) bond motifs is 1. The van der Waals surface area contributed by atoms with E-state index in [4.69, 9.17) is 5.73 Å². The molecule has 0 atom stereocenters. The second kappa shape index (κ2) is 6.94. The molecule has 3 aromatic rings. The van der Waals surface area contributed by atoms with Crippen molar-refractivity contribution >= 4 is 33.4 Å². The number of nitrogens with two attached hydrogens (primary N) is 1. The van der Waals surface area contributed by atoms with Gasteiger partial charge in [-0.25, -0.2) is 4.98 Å². The number of nitrogens with zero attached hydrogens (tertiary/aromatic N) is 1. The maximum Gasteiger partial charge on any atom is 0.252 e. The summed E-state index contributed by atoms with van der Waals surface area (Å²) >= 11 is 1.50. The molecule has 24 heavy (non-hydrogen) atoms. The van der Waals surface area contributed by atoms with E-state index in [1.807, 2.05) is 12.1 Å². The Morgan fingerprint density at radius 1 is 1.12 bits per heavy atom. The number of benzene rings is 2. The minimum absolute atomic E-state index is 0.177. The summed E-state index contributed by atoms with van der Waals surface area (Å²) in [5, 5.41) is 2.75. The highest BCUT2D eigenvalue weighted by Crippen LogP contribution is 2.18. The molecule has 2 aromatic carbocycles. The predicted molar refractivity (Wildman–Crippen MR) is 93.8 cm³/mol. The van der Waals surface area contributed by atoms with Crippen LogP contribution in [0, 0.1) is 11.8 Å². The van der Waals surface area contributed by atoms with E-state index < -0.39 is 5.91 Å². The number of carbonyl (C=O) groups is 2. The smallest absolute Gasteiger partial charge is 0.252 e. The molecule has 6 heteroatoms. The number of thiazole rings is 1. The van der Waals surface area contributed by atoms with E-state index in [0.717, 1.165) is 15.8 Å². The van der Waals surface area contributed by atoms with E-state index in [1.54, 1.807) is 35.8 Å². The monoisotopic (exact) mass is 335 g/mol. The Morgan fingerprint density at radius 2 is 1.88 bits per heavy atom. The molecule has 0 fully saturated rings. The van der Waals surface area contributed by atoms with Crippen molar-refractivity contribution in [3.05, 3.63) is 64.7 Å². The zero-order valence-electron chi connectivity index (χ0n) is 12.6. The average molecular weight is 335 g/mol. The molecule has 0 aliphatic heterocycles. The van der Waals surface area contributed by atoms with Gasteiger partial charge in [-0.2, -0.15) is 0 Å². The van der Waals surface area contributed by atoms with Gasteiger partial charge in [-0.15, -0.1) is 11.3 Å². The minimum Gasteiger partial charge on any atom is -0.366 e. The van der Waals surface area contributed by atoms with Gasteiger partial charge in [0.2, 0.25) is 5.91 Å². The second-order valence-corrected chi connectivity index (χ2v) is 5.85. The number of hydrogen-bond acceptors (Lipinski definition) is 4. The molecule has 0 aliphatic rings. The summed E-state index contributed by atoms with van der Waals surface area (Å²) in [6.07, 6.45) is 0. The van der Waals surface area contributed by atoms with Crippen LogP contribution in [0.5, 0.6) is 0 Å². The molecule has 0 spiro atoms. The van der Waals surface area contributed by atoms with Crippen LogP contribution in [0.4, 0.5) is 0 Å². The molecule has 0 unspecified atom stereocenters. The Balaban J connectivity index is 1.59. The molecule has 0 radical (unpaired) electrons. The molecule has 5 nitrogen and oxygen atoms in total. The van der Waals surface area contributed by atoms with Crippen LogP contribution in [0.2, 0.25) is 0 Å². The van der Waals surface area contributed by atoms with Gasteiger partial charge >= 0.3 is 0 Å². The maximum absolute atomic E-state index is 12.1. The highest BCUT2D eigenvalue weighted by atomic mass is 32.1. The Kier molecular flexibility index (Phi) is 4.54. The molecule has 2 amide bonds. The van der Waals surface area contributed by atoms with Crippen molar-refractivity contribution in [2.45, 2.75) is 0 Å². The van der Waals surface area contributed by atoms with Crippen molar-refractivity contribution in [3.8, 4) is 11.8 Å².